The average molecular weight is 532 g/mol. The van der Waals surface area contributed by atoms with Crippen molar-refractivity contribution in [1.82, 2.24) is 19.7 Å². The molecule has 0 saturated heterocycles. The molecule has 1 aromatic carbocycles. The van der Waals surface area contributed by atoms with Gasteiger partial charge >= 0.3 is 0 Å². The minimum absolute atomic E-state index is 0. The van der Waals surface area contributed by atoms with Crippen molar-refractivity contribution in [1.29, 1.82) is 0 Å². The third-order valence-corrected chi connectivity index (χ3v) is 4.65. The third kappa shape index (κ3) is 8.26. The lowest BCUT2D eigenvalue weighted by atomic mass is 10.2. The number of carbonyl (C=O) groups is 1. The van der Waals surface area contributed by atoms with E-state index in [1.807, 2.05) is 80.1 Å². The number of amides is 1. The molecule has 1 N–H and O–H groups in total. The van der Waals surface area contributed by atoms with E-state index in [4.69, 9.17) is 11.6 Å². The summed E-state index contributed by atoms with van der Waals surface area (Å²) < 4.78 is 2.00. The standard InChI is InChI=1S/C21H30ClN5O.HI/c1-5-23-21(27(4)16-19-13-18(22)15-25(19)2)24-12-11-20(28)26(3)14-17-9-7-6-8-10-17;/h6-10,13,15H,5,11-12,14,16H2,1-4H3,(H,23,24);1H. The summed E-state index contributed by atoms with van der Waals surface area (Å²) in [6.45, 7) is 4.52. The van der Waals surface area contributed by atoms with E-state index in [9.17, 15) is 4.79 Å². The second kappa shape index (κ2) is 12.7. The Morgan fingerprint density at radius 1 is 1.17 bits per heavy atom. The summed E-state index contributed by atoms with van der Waals surface area (Å²) in [5.74, 6) is 0.860. The Kier molecular flexibility index (Phi) is 11.1. The van der Waals surface area contributed by atoms with Gasteiger partial charge in [-0.25, -0.2) is 0 Å². The molecule has 0 fully saturated rings. The number of hydrogen-bond acceptors (Lipinski definition) is 2. The highest BCUT2D eigenvalue weighted by atomic mass is 127. The number of guanidine groups is 1. The van der Waals surface area contributed by atoms with Gasteiger partial charge in [-0.1, -0.05) is 41.9 Å². The lowest BCUT2D eigenvalue weighted by Gasteiger charge is -2.22. The second-order valence-electron chi connectivity index (χ2n) is 6.84. The maximum Gasteiger partial charge on any atom is 0.224 e. The number of aliphatic imine (C=N–C) groups is 1. The SMILES string of the molecule is CCNC(=NCCC(=O)N(C)Cc1ccccc1)N(C)Cc1cc(Cl)cn1C.I. The first-order valence-electron chi connectivity index (χ1n) is 9.48. The fraction of sp³-hybridized carbons (Fsp3) is 0.429. The van der Waals surface area contributed by atoms with Crippen LogP contribution in [0.25, 0.3) is 0 Å². The van der Waals surface area contributed by atoms with E-state index in [1.165, 1.54) is 0 Å². The molecule has 0 aliphatic carbocycles. The molecule has 2 aromatic rings. The number of nitrogens with zero attached hydrogens (tertiary/aromatic N) is 4. The fourth-order valence-electron chi connectivity index (χ4n) is 2.90. The molecule has 0 saturated carbocycles. The van der Waals surface area contributed by atoms with Gasteiger partial charge in [0.25, 0.3) is 0 Å². The minimum Gasteiger partial charge on any atom is -0.357 e. The molecule has 0 radical (unpaired) electrons. The van der Waals surface area contributed by atoms with Gasteiger partial charge in [-0.05, 0) is 18.6 Å². The van der Waals surface area contributed by atoms with Gasteiger partial charge in [-0.15, -0.1) is 24.0 Å². The van der Waals surface area contributed by atoms with Crippen LogP contribution in [-0.2, 0) is 24.9 Å². The number of carbonyl (C=O) groups excluding carboxylic acids is 1. The summed E-state index contributed by atoms with van der Waals surface area (Å²) in [5, 5.41) is 4.00. The van der Waals surface area contributed by atoms with Crippen molar-refractivity contribution in [2.45, 2.75) is 26.4 Å². The van der Waals surface area contributed by atoms with E-state index < -0.39 is 0 Å². The van der Waals surface area contributed by atoms with E-state index in [2.05, 4.69) is 10.3 Å². The van der Waals surface area contributed by atoms with E-state index in [1.54, 1.807) is 4.90 Å². The smallest absolute Gasteiger partial charge is 0.224 e. The Balaban J connectivity index is 0.00000420. The molecule has 1 aromatic heterocycles. The first-order valence-corrected chi connectivity index (χ1v) is 9.86. The monoisotopic (exact) mass is 531 g/mol. The van der Waals surface area contributed by atoms with Gasteiger partial charge in [-0.3, -0.25) is 9.79 Å². The number of aryl methyl sites for hydroxylation is 1. The lowest BCUT2D eigenvalue weighted by Crippen LogP contribution is -2.39. The van der Waals surface area contributed by atoms with Crippen molar-refractivity contribution >= 4 is 47.4 Å². The zero-order chi connectivity index (χ0) is 20.5. The zero-order valence-electron chi connectivity index (χ0n) is 17.6. The maximum atomic E-state index is 12.4. The predicted octanol–water partition coefficient (Wildman–Crippen LogP) is 3.74. The van der Waals surface area contributed by atoms with Crippen molar-refractivity contribution in [3.05, 3.63) is 58.9 Å². The molecule has 8 heteroatoms. The molecule has 0 bridgehead atoms. The molecule has 160 valence electrons. The molecule has 0 aliphatic rings. The van der Waals surface area contributed by atoms with Gasteiger partial charge in [0.05, 0.1) is 18.1 Å². The van der Waals surface area contributed by atoms with Gasteiger partial charge < -0.3 is 19.7 Å². The van der Waals surface area contributed by atoms with Crippen LogP contribution in [0.1, 0.15) is 24.6 Å². The fourth-order valence-corrected chi connectivity index (χ4v) is 3.18. The molecule has 0 spiro atoms. The van der Waals surface area contributed by atoms with E-state index in [0.29, 0.717) is 26.1 Å². The molecule has 0 unspecified atom stereocenters. The number of hydrogen-bond donors (Lipinski definition) is 1. The summed E-state index contributed by atoms with van der Waals surface area (Å²) in [6.07, 6.45) is 2.26. The first-order chi connectivity index (χ1) is 13.4. The van der Waals surface area contributed by atoms with Gasteiger partial charge in [0.1, 0.15) is 0 Å². The topological polar surface area (TPSA) is 52.9 Å². The van der Waals surface area contributed by atoms with Crippen molar-refractivity contribution in [3.63, 3.8) is 0 Å². The van der Waals surface area contributed by atoms with Crippen LogP contribution in [0, 0.1) is 0 Å². The highest BCUT2D eigenvalue weighted by Gasteiger charge is 2.12. The third-order valence-electron chi connectivity index (χ3n) is 4.45. The average Bonchev–Trinajstić information content (AvgIpc) is 2.98. The Hall–Kier alpha value is -1.74. The van der Waals surface area contributed by atoms with E-state index >= 15 is 0 Å². The maximum absolute atomic E-state index is 12.4. The van der Waals surface area contributed by atoms with E-state index in [-0.39, 0.29) is 29.9 Å². The molecular weight excluding hydrogens is 501 g/mol. The number of aromatic nitrogens is 1. The number of benzene rings is 1. The highest BCUT2D eigenvalue weighted by molar-refractivity contribution is 14.0. The molecule has 1 amide bonds. The summed E-state index contributed by atoms with van der Waals surface area (Å²) in [5.41, 5.74) is 2.22. The first kappa shape index (κ1) is 25.3. The largest absolute Gasteiger partial charge is 0.357 e. The van der Waals surface area contributed by atoms with Crippen LogP contribution in [0.2, 0.25) is 5.02 Å². The normalized spacial score (nSPS) is 11.0. The molecule has 0 aliphatic heterocycles. The van der Waals surface area contributed by atoms with Gasteiger partial charge in [0.2, 0.25) is 5.91 Å². The summed E-state index contributed by atoms with van der Waals surface area (Å²) >= 11 is 6.07. The van der Waals surface area contributed by atoms with Crippen LogP contribution < -0.4 is 5.32 Å². The zero-order valence-corrected chi connectivity index (χ0v) is 20.6. The van der Waals surface area contributed by atoms with Gasteiger partial charge in [-0.2, -0.15) is 0 Å². The summed E-state index contributed by atoms with van der Waals surface area (Å²) in [4.78, 5) is 20.8. The van der Waals surface area contributed by atoms with Crippen LogP contribution in [0.15, 0.2) is 47.6 Å². The highest BCUT2D eigenvalue weighted by Crippen LogP contribution is 2.14. The Morgan fingerprint density at radius 2 is 1.86 bits per heavy atom. The van der Waals surface area contributed by atoms with Crippen LogP contribution >= 0.6 is 35.6 Å². The Labute approximate surface area is 195 Å². The van der Waals surface area contributed by atoms with Gasteiger partial charge in [0, 0.05) is 52.5 Å². The molecule has 1 heterocycles. The van der Waals surface area contributed by atoms with Crippen molar-refractivity contribution in [3.8, 4) is 0 Å². The van der Waals surface area contributed by atoms with Gasteiger partial charge in [0.15, 0.2) is 5.96 Å². The second-order valence-corrected chi connectivity index (χ2v) is 7.27. The van der Waals surface area contributed by atoms with E-state index in [0.717, 1.165) is 28.8 Å². The van der Waals surface area contributed by atoms with Crippen LogP contribution in [0.3, 0.4) is 0 Å². The Bertz CT molecular complexity index is 794. The summed E-state index contributed by atoms with van der Waals surface area (Å²) in [7, 11) is 5.78. The molecule has 6 nitrogen and oxygen atoms in total. The predicted molar refractivity (Wildman–Crippen MR) is 131 cm³/mol. The number of rotatable bonds is 8. The molecule has 0 atom stereocenters. The summed E-state index contributed by atoms with van der Waals surface area (Å²) in [6, 6.07) is 11.9. The van der Waals surface area contributed by atoms with Crippen LogP contribution in [-0.4, -0.2) is 53.4 Å². The lowest BCUT2D eigenvalue weighted by molar-refractivity contribution is -0.130. The minimum atomic E-state index is 0. The van der Waals surface area contributed by atoms with Crippen LogP contribution in [0.4, 0.5) is 0 Å². The Morgan fingerprint density at radius 3 is 2.45 bits per heavy atom. The molecule has 2 rings (SSSR count). The van der Waals surface area contributed by atoms with Crippen molar-refractivity contribution in [2.75, 3.05) is 27.2 Å². The number of nitrogens with one attached hydrogen (secondary N) is 1. The van der Waals surface area contributed by atoms with Crippen LogP contribution in [0.5, 0.6) is 0 Å². The number of halogens is 2. The molecule has 29 heavy (non-hydrogen) atoms. The quantitative estimate of drug-likeness (QED) is 0.321. The van der Waals surface area contributed by atoms with Crippen molar-refractivity contribution in [2.24, 2.45) is 12.0 Å². The molecular formula is C21H31ClIN5O. The van der Waals surface area contributed by atoms with Crippen molar-refractivity contribution < 1.29 is 4.79 Å².